The SMILES string of the molecule is CC(Br)(Br)COc1c(Br)cc(S(=O)(=O)c2cc(Br)c(OCC(C)(Br)Br)c(Br)c2)cc1Br. The van der Waals surface area contributed by atoms with Gasteiger partial charge < -0.3 is 9.47 Å². The maximum atomic E-state index is 13.3. The summed E-state index contributed by atoms with van der Waals surface area (Å²) in [5.41, 5.74) is 0. The predicted molar refractivity (Wildman–Crippen MR) is 153 cm³/mol. The first-order valence-electron chi connectivity index (χ1n) is 8.26. The molecule has 0 fully saturated rings. The fourth-order valence-corrected chi connectivity index (χ4v) is 7.45. The average molecular weight is 966 g/mol. The number of benzene rings is 2. The van der Waals surface area contributed by atoms with Gasteiger partial charge in [0.05, 0.1) is 27.7 Å². The number of halogens is 8. The van der Waals surface area contributed by atoms with Crippen LogP contribution in [0.15, 0.2) is 51.9 Å². The molecule has 172 valence electrons. The van der Waals surface area contributed by atoms with Crippen LogP contribution in [-0.2, 0) is 9.84 Å². The normalized spacial score (nSPS) is 12.7. The van der Waals surface area contributed by atoms with E-state index in [4.69, 9.17) is 9.47 Å². The van der Waals surface area contributed by atoms with E-state index in [2.05, 4.69) is 127 Å². The van der Waals surface area contributed by atoms with Crippen LogP contribution in [0.5, 0.6) is 11.5 Å². The lowest BCUT2D eigenvalue weighted by molar-refractivity contribution is 0.313. The first-order chi connectivity index (χ1) is 14.0. The Morgan fingerprint density at radius 1 is 0.677 bits per heavy atom. The summed E-state index contributed by atoms with van der Waals surface area (Å²) in [5.74, 6) is 1.01. The predicted octanol–water partition coefficient (Wildman–Crippen LogP) is 9.34. The zero-order valence-electron chi connectivity index (χ0n) is 15.8. The molecule has 0 saturated heterocycles. The summed E-state index contributed by atoms with van der Waals surface area (Å²) in [6.45, 7) is 4.43. The molecular weight excluding hydrogens is 951 g/mol. The number of rotatable bonds is 8. The van der Waals surface area contributed by atoms with Gasteiger partial charge in [-0.15, -0.1) is 0 Å². The Bertz CT molecular complexity index is 949. The van der Waals surface area contributed by atoms with Gasteiger partial charge in [-0.2, -0.15) is 0 Å². The summed E-state index contributed by atoms with van der Waals surface area (Å²) in [6, 6.07) is 6.07. The van der Waals surface area contributed by atoms with Crippen molar-refractivity contribution in [1.29, 1.82) is 0 Å². The van der Waals surface area contributed by atoms with Gasteiger partial charge in [0.2, 0.25) is 9.84 Å². The molecule has 13 heteroatoms. The molecule has 4 nitrogen and oxygen atoms in total. The summed E-state index contributed by atoms with van der Waals surface area (Å²) in [5, 5.41) is 0. The van der Waals surface area contributed by atoms with Crippen molar-refractivity contribution in [2.24, 2.45) is 0 Å². The molecule has 0 aliphatic heterocycles. The lowest BCUT2D eigenvalue weighted by atomic mass is 10.3. The van der Waals surface area contributed by atoms with Crippen LogP contribution in [0.4, 0.5) is 0 Å². The van der Waals surface area contributed by atoms with Crippen LogP contribution in [0, 0.1) is 0 Å². The fourth-order valence-electron chi connectivity index (χ4n) is 2.19. The highest BCUT2D eigenvalue weighted by atomic mass is 79.9. The van der Waals surface area contributed by atoms with E-state index in [1.54, 1.807) is 0 Å². The van der Waals surface area contributed by atoms with Crippen LogP contribution in [0.3, 0.4) is 0 Å². The van der Waals surface area contributed by atoms with Crippen molar-refractivity contribution in [3.63, 3.8) is 0 Å². The Morgan fingerprint density at radius 3 is 1.16 bits per heavy atom. The number of sulfone groups is 1. The number of alkyl halides is 4. The van der Waals surface area contributed by atoms with E-state index in [0.717, 1.165) is 0 Å². The molecule has 0 radical (unpaired) electrons. The lowest BCUT2D eigenvalue weighted by Crippen LogP contribution is -2.17. The summed E-state index contributed by atoms with van der Waals surface area (Å²) in [6.07, 6.45) is 0. The Hall–Kier alpha value is 1.83. The molecule has 31 heavy (non-hydrogen) atoms. The third kappa shape index (κ3) is 8.47. The molecule has 0 atom stereocenters. The van der Waals surface area contributed by atoms with Crippen LogP contribution in [0.2, 0.25) is 0 Å². The van der Waals surface area contributed by atoms with Crippen molar-refractivity contribution >= 4 is 137 Å². The van der Waals surface area contributed by atoms with E-state index in [-0.39, 0.29) is 9.79 Å². The molecule has 2 rings (SSSR count). The molecule has 0 aromatic heterocycles. The Balaban J connectivity index is 2.41. The van der Waals surface area contributed by atoms with Crippen molar-refractivity contribution in [2.75, 3.05) is 13.2 Å². The van der Waals surface area contributed by atoms with Gasteiger partial charge in [-0.1, -0.05) is 63.7 Å². The van der Waals surface area contributed by atoms with Crippen molar-refractivity contribution in [3.8, 4) is 11.5 Å². The monoisotopic (exact) mass is 957 g/mol. The summed E-state index contributed by atoms with van der Waals surface area (Å²) < 4.78 is 39.4. The van der Waals surface area contributed by atoms with Crippen LogP contribution in [0.25, 0.3) is 0 Å². The van der Waals surface area contributed by atoms with E-state index in [9.17, 15) is 8.42 Å². The molecule has 0 aliphatic rings. The third-order valence-electron chi connectivity index (χ3n) is 3.50. The third-order valence-corrected chi connectivity index (χ3v) is 8.49. The van der Waals surface area contributed by atoms with Crippen molar-refractivity contribution in [1.82, 2.24) is 0 Å². The van der Waals surface area contributed by atoms with Gasteiger partial charge >= 0.3 is 0 Å². The first kappa shape index (κ1) is 29.1. The van der Waals surface area contributed by atoms with E-state index in [0.29, 0.717) is 42.6 Å². The Labute approximate surface area is 248 Å². The summed E-state index contributed by atoms with van der Waals surface area (Å²) >= 11 is 27.4. The van der Waals surface area contributed by atoms with Gasteiger partial charge in [0.25, 0.3) is 0 Å². The van der Waals surface area contributed by atoms with Gasteiger partial charge in [0.15, 0.2) is 0 Å². The maximum absolute atomic E-state index is 13.3. The average Bonchev–Trinajstić information content (AvgIpc) is 2.58. The molecule has 0 aliphatic carbocycles. The second-order valence-corrected chi connectivity index (χ2v) is 21.1. The highest BCUT2D eigenvalue weighted by Gasteiger charge is 2.25. The van der Waals surface area contributed by atoms with Crippen LogP contribution >= 0.6 is 127 Å². The number of hydrogen-bond acceptors (Lipinski definition) is 4. The number of ether oxygens (including phenoxy) is 2. The van der Waals surface area contributed by atoms with Crippen molar-refractivity contribution in [2.45, 2.75) is 30.1 Å². The molecule has 0 bridgehead atoms. The zero-order valence-corrected chi connectivity index (χ0v) is 29.3. The molecule has 0 saturated carbocycles. The maximum Gasteiger partial charge on any atom is 0.206 e. The smallest absolute Gasteiger partial charge is 0.206 e. The number of hydrogen-bond donors (Lipinski definition) is 0. The molecule has 0 heterocycles. The van der Waals surface area contributed by atoms with Gasteiger partial charge in [0, 0.05) is 0 Å². The molecule has 0 N–H and O–H groups in total. The second-order valence-electron chi connectivity index (χ2n) is 6.65. The van der Waals surface area contributed by atoms with E-state index in [1.807, 2.05) is 13.8 Å². The van der Waals surface area contributed by atoms with Gasteiger partial charge in [-0.25, -0.2) is 8.42 Å². The van der Waals surface area contributed by atoms with Gasteiger partial charge in [0.1, 0.15) is 31.2 Å². The largest absolute Gasteiger partial charge is 0.489 e. The molecule has 0 unspecified atom stereocenters. The van der Waals surface area contributed by atoms with Gasteiger partial charge in [-0.3, -0.25) is 0 Å². The summed E-state index contributed by atoms with van der Waals surface area (Å²) in [7, 11) is -3.82. The molecule has 2 aromatic carbocycles. The Morgan fingerprint density at radius 2 is 0.935 bits per heavy atom. The molecule has 0 amide bonds. The fraction of sp³-hybridized carbons (Fsp3) is 0.333. The molecular formula is C18H14Br8O4S. The van der Waals surface area contributed by atoms with Crippen LogP contribution in [-0.4, -0.2) is 28.1 Å². The standard InChI is InChI=1S/C18H14Br8O4S/c1-17(23,24)7-29-15-11(19)3-9(4-12(15)20)31(27,28)10-5-13(21)16(14(22)6-10)30-8-18(2,25)26/h3-6H,7-8H2,1-2H3. The highest BCUT2D eigenvalue weighted by Crippen LogP contribution is 2.42. The van der Waals surface area contributed by atoms with Crippen molar-refractivity contribution in [3.05, 3.63) is 42.2 Å². The minimum Gasteiger partial charge on any atom is -0.489 e. The van der Waals surface area contributed by atoms with Gasteiger partial charge in [-0.05, 0) is 102 Å². The topological polar surface area (TPSA) is 52.6 Å². The molecule has 2 aromatic rings. The van der Waals surface area contributed by atoms with E-state index >= 15 is 0 Å². The quantitative estimate of drug-likeness (QED) is 0.248. The minimum absolute atomic E-state index is 0.111. The first-order valence-corrected chi connectivity index (χ1v) is 16.1. The summed E-state index contributed by atoms with van der Waals surface area (Å²) in [4.78, 5) is 0.222. The van der Waals surface area contributed by atoms with Crippen molar-refractivity contribution < 1.29 is 17.9 Å². The zero-order chi connectivity index (χ0) is 23.8. The minimum atomic E-state index is -3.82. The lowest BCUT2D eigenvalue weighted by Gasteiger charge is -2.19. The van der Waals surface area contributed by atoms with Crippen LogP contribution in [0.1, 0.15) is 13.8 Å². The van der Waals surface area contributed by atoms with E-state index in [1.165, 1.54) is 24.3 Å². The molecule has 0 spiro atoms. The highest BCUT2D eigenvalue weighted by molar-refractivity contribution is 9.25. The Kier molecular flexibility index (Phi) is 10.6. The van der Waals surface area contributed by atoms with E-state index < -0.39 is 16.3 Å². The van der Waals surface area contributed by atoms with Crippen LogP contribution < -0.4 is 9.47 Å². The second kappa shape index (κ2) is 11.3.